The Balaban J connectivity index is 1.69. The largest absolute Gasteiger partial charge is 0.385 e. The lowest BCUT2D eigenvalue weighted by Crippen LogP contribution is -2.12. The molecule has 0 amide bonds. The van der Waals surface area contributed by atoms with E-state index in [9.17, 15) is 0 Å². The number of hydrogen-bond acceptors (Lipinski definition) is 2. The third-order valence-corrected chi connectivity index (χ3v) is 3.87. The van der Waals surface area contributed by atoms with E-state index in [4.69, 9.17) is 4.74 Å². The van der Waals surface area contributed by atoms with Crippen molar-refractivity contribution < 1.29 is 4.74 Å². The first-order chi connectivity index (χ1) is 8.88. The molecule has 1 aliphatic rings. The Morgan fingerprint density at radius 3 is 2.50 bits per heavy atom. The summed E-state index contributed by atoms with van der Waals surface area (Å²) in [4.78, 5) is 0. The highest BCUT2D eigenvalue weighted by Gasteiger charge is 2.12. The van der Waals surface area contributed by atoms with Crippen molar-refractivity contribution in [2.75, 3.05) is 19.0 Å². The Morgan fingerprint density at radius 2 is 1.83 bits per heavy atom. The van der Waals surface area contributed by atoms with Gasteiger partial charge in [-0.3, -0.25) is 0 Å². The summed E-state index contributed by atoms with van der Waals surface area (Å²) >= 11 is 0. The van der Waals surface area contributed by atoms with E-state index in [2.05, 4.69) is 29.6 Å². The summed E-state index contributed by atoms with van der Waals surface area (Å²) < 4.78 is 5.11. The molecule has 0 saturated heterocycles. The van der Waals surface area contributed by atoms with Crippen LogP contribution in [0.3, 0.4) is 0 Å². The van der Waals surface area contributed by atoms with Crippen molar-refractivity contribution in [3.63, 3.8) is 0 Å². The molecule has 1 N–H and O–H groups in total. The molecular weight excluding hydrogens is 222 g/mol. The lowest BCUT2D eigenvalue weighted by atomic mass is 9.87. The lowest BCUT2D eigenvalue weighted by molar-refractivity contribution is 0.185. The highest BCUT2D eigenvalue weighted by atomic mass is 16.5. The van der Waals surface area contributed by atoms with Gasteiger partial charge in [-0.05, 0) is 30.0 Å². The van der Waals surface area contributed by atoms with Gasteiger partial charge >= 0.3 is 0 Å². The Kier molecular flexibility index (Phi) is 5.53. The molecule has 2 heteroatoms. The van der Waals surface area contributed by atoms with E-state index in [1.165, 1.54) is 49.8 Å². The Morgan fingerprint density at radius 1 is 1.11 bits per heavy atom. The molecule has 1 aliphatic carbocycles. The first-order valence-corrected chi connectivity index (χ1v) is 7.20. The van der Waals surface area contributed by atoms with Gasteiger partial charge in [0, 0.05) is 19.3 Å². The maximum atomic E-state index is 5.11. The highest BCUT2D eigenvalue weighted by Crippen LogP contribution is 2.26. The molecule has 100 valence electrons. The molecular formula is C16H25NO. The molecule has 2 rings (SSSR count). The second-order valence-corrected chi connectivity index (χ2v) is 5.35. The second-order valence-electron chi connectivity index (χ2n) is 5.35. The molecule has 18 heavy (non-hydrogen) atoms. The quantitative estimate of drug-likeness (QED) is 0.813. The van der Waals surface area contributed by atoms with Crippen LogP contribution < -0.4 is 5.32 Å². The third-order valence-electron chi connectivity index (χ3n) is 3.87. The second kappa shape index (κ2) is 7.42. The zero-order valence-corrected chi connectivity index (χ0v) is 11.5. The van der Waals surface area contributed by atoms with Crippen LogP contribution in [0.5, 0.6) is 0 Å². The fraction of sp³-hybridized carbons (Fsp3) is 0.625. The van der Waals surface area contributed by atoms with E-state index in [0.29, 0.717) is 6.61 Å². The summed E-state index contributed by atoms with van der Waals surface area (Å²) in [5.41, 5.74) is 2.46. The summed E-state index contributed by atoms with van der Waals surface area (Å²) in [6.07, 6.45) is 8.53. The van der Waals surface area contributed by atoms with E-state index in [1.54, 1.807) is 7.11 Å². The molecule has 1 aromatic carbocycles. The van der Waals surface area contributed by atoms with Gasteiger partial charge in [-0.1, -0.05) is 44.2 Å². The van der Waals surface area contributed by atoms with E-state index >= 15 is 0 Å². The number of methoxy groups -OCH3 is 1. The Bertz CT molecular complexity index is 327. The van der Waals surface area contributed by atoms with Crippen LogP contribution in [0.1, 0.15) is 44.1 Å². The summed E-state index contributed by atoms with van der Waals surface area (Å²) in [6, 6.07) is 8.56. The van der Waals surface area contributed by atoms with Crippen molar-refractivity contribution in [3.8, 4) is 0 Å². The molecule has 0 radical (unpaired) electrons. The summed E-state index contributed by atoms with van der Waals surface area (Å²) in [7, 11) is 1.73. The molecule has 1 fully saturated rings. The van der Waals surface area contributed by atoms with Crippen molar-refractivity contribution in [2.24, 2.45) is 5.92 Å². The van der Waals surface area contributed by atoms with Crippen LogP contribution in [-0.4, -0.2) is 13.7 Å². The maximum Gasteiger partial charge on any atom is 0.0713 e. The fourth-order valence-electron chi connectivity index (χ4n) is 2.78. The number of rotatable bonds is 6. The molecule has 0 spiro atoms. The number of ether oxygens (including phenoxy) is 1. The van der Waals surface area contributed by atoms with Gasteiger partial charge < -0.3 is 10.1 Å². The van der Waals surface area contributed by atoms with Gasteiger partial charge in [-0.2, -0.15) is 0 Å². The first-order valence-electron chi connectivity index (χ1n) is 7.20. The molecule has 0 aromatic heterocycles. The van der Waals surface area contributed by atoms with Gasteiger partial charge in [0.15, 0.2) is 0 Å². The van der Waals surface area contributed by atoms with E-state index in [0.717, 1.165) is 12.5 Å². The first kappa shape index (κ1) is 13.4. The number of hydrogen-bond donors (Lipinski definition) is 1. The zero-order chi connectivity index (χ0) is 12.6. The SMILES string of the molecule is COCc1ccc(NCCC2CCCCC2)cc1. The van der Waals surface area contributed by atoms with Gasteiger partial charge in [0.1, 0.15) is 0 Å². The summed E-state index contributed by atoms with van der Waals surface area (Å²) in [5.74, 6) is 0.957. The van der Waals surface area contributed by atoms with E-state index in [-0.39, 0.29) is 0 Å². The predicted octanol–water partition coefficient (Wildman–Crippen LogP) is 4.22. The van der Waals surface area contributed by atoms with Crippen LogP contribution in [0.15, 0.2) is 24.3 Å². The van der Waals surface area contributed by atoms with E-state index in [1.807, 2.05) is 0 Å². The van der Waals surface area contributed by atoms with Crippen LogP contribution in [0.4, 0.5) is 5.69 Å². The lowest BCUT2D eigenvalue weighted by Gasteiger charge is -2.21. The third kappa shape index (κ3) is 4.34. The van der Waals surface area contributed by atoms with Crippen LogP contribution in [0.2, 0.25) is 0 Å². The van der Waals surface area contributed by atoms with Crippen molar-refractivity contribution in [2.45, 2.75) is 45.1 Å². The van der Waals surface area contributed by atoms with Crippen LogP contribution in [-0.2, 0) is 11.3 Å². The smallest absolute Gasteiger partial charge is 0.0713 e. The molecule has 0 bridgehead atoms. The fourth-order valence-corrected chi connectivity index (χ4v) is 2.78. The minimum atomic E-state index is 0.697. The van der Waals surface area contributed by atoms with Crippen molar-refractivity contribution in [1.29, 1.82) is 0 Å². The Labute approximate surface area is 111 Å². The normalized spacial score (nSPS) is 16.7. The minimum Gasteiger partial charge on any atom is -0.385 e. The summed E-state index contributed by atoms with van der Waals surface area (Å²) in [5, 5.41) is 3.52. The molecule has 1 saturated carbocycles. The zero-order valence-electron chi connectivity index (χ0n) is 11.5. The number of benzene rings is 1. The predicted molar refractivity (Wildman–Crippen MR) is 76.8 cm³/mol. The van der Waals surface area contributed by atoms with Crippen molar-refractivity contribution in [3.05, 3.63) is 29.8 Å². The highest BCUT2D eigenvalue weighted by molar-refractivity contribution is 5.44. The van der Waals surface area contributed by atoms with Gasteiger partial charge in [0.05, 0.1) is 6.61 Å². The van der Waals surface area contributed by atoms with Crippen molar-refractivity contribution >= 4 is 5.69 Å². The molecule has 1 aromatic rings. The maximum absolute atomic E-state index is 5.11. The Hall–Kier alpha value is -1.02. The van der Waals surface area contributed by atoms with Crippen LogP contribution >= 0.6 is 0 Å². The van der Waals surface area contributed by atoms with E-state index < -0.39 is 0 Å². The molecule has 0 heterocycles. The van der Waals surface area contributed by atoms with Gasteiger partial charge in [-0.25, -0.2) is 0 Å². The monoisotopic (exact) mass is 247 g/mol. The number of anilines is 1. The topological polar surface area (TPSA) is 21.3 Å². The molecule has 0 aliphatic heterocycles. The van der Waals surface area contributed by atoms with Gasteiger partial charge in [0.2, 0.25) is 0 Å². The van der Waals surface area contributed by atoms with Gasteiger partial charge in [0.25, 0.3) is 0 Å². The minimum absolute atomic E-state index is 0.697. The summed E-state index contributed by atoms with van der Waals surface area (Å²) in [6.45, 7) is 1.80. The average Bonchev–Trinajstić information content (AvgIpc) is 2.42. The molecule has 0 atom stereocenters. The molecule has 0 unspecified atom stereocenters. The van der Waals surface area contributed by atoms with Crippen LogP contribution in [0, 0.1) is 5.92 Å². The van der Waals surface area contributed by atoms with Crippen LogP contribution in [0.25, 0.3) is 0 Å². The molecule has 2 nitrogen and oxygen atoms in total. The standard InChI is InChI=1S/C16H25NO/c1-18-13-15-7-9-16(10-8-15)17-12-11-14-5-3-2-4-6-14/h7-10,14,17H,2-6,11-13H2,1H3. The van der Waals surface area contributed by atoms with Gasteiger partial charge in [-0.15, -0.1) is 0 Å². The van der Waals surface area contributed by atoms with Crippen molar-refractivity contribution in [1.82, 2.24) is 0 Å². The number of nitrogens with one attached hydrogen (secondary N) is 1. The average molecular weight is 247 g/mol.